The molecule has 1 N–H and O–H groups in total. The second-order valence-corrected chi connectivity index (χ2v) is 8.04. The molecule has 0 bridgehead atoms. The van der Waals surface area contributed by atoms with Gasteiger partial charge in [-0.1, -0.05) is 31.4 Å². The highest BCUT2D eigenvalue weighted by atomic mass is 32.1. The Morgan fingerprint density at radius 3 is 2.78 bits per heavy atom. The lowest BCUT2D eigenvalue weighted by molar-refractivity contribution is -0.161. The van der Waals surface area contributed by atoms with Gasteiger partial charge in [0.2, 0.25) is 0 Å². The summed E-state index contributed by atoms with van der Waals surface area (Å²) in [7, 11) is 0. The van der Waals surface area contributed by atoms with Crippen molar-refractivity contribution in [1.82, 2.24) is 10.3 Å². The zero-order valence-corrected chi connectivity index (χ0v) is 16.0. The first-order valence-corrected chi connectivity index (χ1v) is 10.1. The number of hydrogen-bond acceptors (Lipinski definition) is 6. The van der Waals surface area contributed by atoms with Gasteiger partial charge in [0.15, 0.2) is 6.61 Å². The molecular formula is C20H23N3O3S. The number of ether oxygens (including phenoxy) is 1. The molecule has 142 valence electrons. The molecule has 6 nitrogen and oxygen atoms in total. The number of nitrogens with one attached hydrogen (secondary N) is 1. The van der Waals surface area contributed by atoms with Crippen LogP contribution in [0.3, 0.4) is 0 Å². The minimum Gasteiger partial charge on any atom is -0.455 e. The number of esters is 1. The summed E-state index contributed by atoms with van der Waals surface area (Å²) >= 11 is 1.62. The van der Waals surface area contributed by atoms with Crippen LogP contribution in [-0.2, 0) is 20.7 Å². The van der Waals surface area contributed by atoms with Gasteiger partial charge in [-0.25, -0.2) is 4.98 Å². The number of benzene rings is 1. The van der Waals surface area contributed by atoms with Crippen molar-refractivity contribution in [2.24, 2.45) is 5.41 Å². The standard InChI is InChI=1S/C20H23N3O3S/c21-11-6-12-22-17(24)14-26-19(25)20(9-4-1-5-10-20)13-18-23-15-7-2-3-8-16(15)27-18/h2-3,7-8H,1,4-6,9-10,12-14H2,(H,22,24). The van der Waals surface area contributed by atoms with E-state index in [9.17, 15) is 9.59 Å². The monoisotopic (exact) mass is 385 g/mol. The van der Waals surface area contributed by atoms with Gasteiger partial charge < -0.3 is 10.1 Å². The van der Waals surface area contributed by atoms with Gasteiger partial charge in [-0.15, -0.1) is 11.3 Å². The van der Waals surface area contributed by atoms with Crippen LogP contribution in [0.1, 0.15) is 43.5 Å². The van der Waals surface area contributed by atoms with Crippen LogP contribution in [0.4, 0.5) is 0 Å². The topological polar surface area (TPSA) is 92.1 Å². The van der Waals surface area contributed by atoms with Crippen LogP contribution in [0.2, 0.25) is 0 Å². The number of hydrogen-bond donors (Lipinski definition) is 1. The lowest BCUT2D eigenvalue weighted by Gasteiger charge is -2.34. The lowest BCUT2D eigenvalue weighted by atomic mass is 9.72. The van der Waals surface area contributed by atoms with Crippen molar-refractivity contribution >= 4 is 33.4 Å². The third kappa shape index (κ3) is 4.83. The number of fused-ring (bicyclic) bond motifs is 1. The summed E-state index contributed by atoms with van der Waals surface area (Å²) in [4.78, 5) is 29.4. The van der Waals surface area contributed by atoms with E-state index in [4.69, 9.17) is 10.00 Å². The highest BCUT2D eigenvalue weighted by Crippen LogP contribution is 2.41. The Labute approximate surface area is 162 Å². The first-order valence-electron chi connectivity index (χ1n) is 9.28. The summed E-state index contributed by atoms with van der Waals surface area (Å²) in [5, 5.41) is 12.0. The molecular weight excluding hydrogens is 362 g/mol. The number of nitriles is 1. The average Bonchev–Trinajstić information content (AvgIpc) is 3.09. The van der Waals surface area contributed by atoms with Gasteiger partial charge in [0.25, 0.3) is 5.91 Å². The minimum atomic E-state index is -0.598. The molecule has 1 heterocycles. The van der Waals surface area contributed by atoms with E-state index in [1.54, 1.807) is 11.3 Å². The van der Waals surface area contributed by atoms with Gasteiger partial charge >= 0.3 is 5.97 Å². The number of carbonyl (C=O) groups is 2. The Morgan fingerprint density at radius 2 is 2.04 bits per heavy atom. The van der Waals surface area contributed by atoms with Crippen molar-refractivity contribution < 1.29 is 14.3 Å². The molecule has 0 unspecified atom stereocenters. The lowest BCUT2D eigenvalue weighted by Crippen LogP contribution is -2.39. The normalized spacial score (nSPS) is 15.8. The van der Waals surface area contributed by atoms with E-state index in [1.165, 1.54) is 0 Å². The first-order chi connectivity index (χ1) is 13.1. The predicted octanol–water partition coefficient (Wildman–Crippen LogP) is 3.36. The molecule has 1 aliphatic carbocycles. The summed E-state index contributed by atoms with van der Waals surface area (Å²) in [5.74, 6) is -0.679. The molecule has 2 aromatic rings. The second-order valence-electron chi connectivity index (χ2n) is 6.93. The summed E-state index contributed by atoms with van der Waals surface area (Å²) in [6.07, 6.45) is 5.39. The van der Waals surface area contributed by atoms with Gasteiger partial charge in [0.1, 0.15) is 0 Å². The highest BCUT2D eigenvalue weighted by Gasteiger charge is 2.42. The predicted molar refractivity (Wildman–Crippen MR) is 103 cm³/mol. The zero-order chi connectivity index (χ0) is 19.1. The minimum absolute atomic E-state index is 0.237. The highest BCUT2D eigenvalue weighted by molar-refractivity contribution is 7.18. The summed E-state index contributed by atoms with van der Waals surface area (Å²) < 4.78 is 6.48. The number of amides is 1. The Balaban J connectivity index is 1.67. The Hall–Kier alpha value is -2.46. The molecule has 1 saturated carbocycles. The van der Waals surface area contributed by atoms with E-state index in [0.29, 0.717) is 6.42 Å². The Morgan fingerprint density at radius 1 is 1.26 bits per heavy atom. The Kier molecular flexibility index (Phi) is 6.40. The van der Waals surface area contributed by atoms with Crippen molar-refractivity contribution in [3.8, 4) is 6.07 Å². The van der Waals surface area contributed by atoms with E-state index in [1.807, 2.05) is 30.3 Å². The third-order valence-electron chi connectivity index (χ3n) is 4.96. The van der Waals surface area contributed by atoms with E-state index in [2.05, 4.69) is 10.3 Å². The largest absolute Gasteiger partial charge is 0.455 e. The molecule has 0 saturated heterocycles. The number of nitrogens with zero attached hydrogens (tertiary/aromatic N) is 2. The van der Waals surface area contributed by atoms with E-state index in [0.717, 1.165) is 47.3 Å². The first kappa shape index (κ1) is 19.3. The fourth-order valence-corrected chi connectivity index (χ4v) is 4.67. The number of aromatic nitrogens is 1. The van der Waals surface area contributed by atoms with Gasteiger partial charge in [-0.05, 0) is 25.0 Å². The summed E-state index contributed by atoms with van der Waals surface area (Å²) in [6.45, 7) is -0.0322. The number of thiazole rings is 1. The Bertz CT molecular complexity index is 817. The molecule has 1 fully saturated rings. The molecule has 27 heavy (non-hydrogen) atoms. The van der Waals surface area contributed by atoms with Crippen molar-refractivity contribution in [1.29, 1.82) is 5.26 Å². The van der Waals surface area contributed by atoms with Crippen molar-refractivity contribution in [2.45, 2.75) is 44.9 Å². The molecule has 1 aromatic carbocycles. The molecule has 7 heteroatoms. The number of para-hydroxylation sites is 1. The van der Waals surface area contributed by atoms with Gasteiger partial charge in [0, 0.05) is 13.0 Å². The summed E-state index contributed by atoms with van der Waals surface area (Å²) in [6, 6.07) is 9.92. The van der Waals surface area contributed by atoms with Crippen molar-refractivity contribution in [3.05, 3.63) is 29.3 Å². The molecule has 3 rings (SSSR count). The molecule has 1 amide bonds. The van der Waals surface area contributed by atoms with Crippen LogP contribution in [0.5, 0.6) is 0 Å². The van der Waals surface area contributed by atoms with Crippen LogP contribution >= 0.6 is 11.3 Å². The molecule has 0 spiro atoms. The molecule has 0 radical (unpaired) electrons. The maximum atomic E-state index is 12.9. The zero-order valence-electron chi connectivity index (χ0n) is 15.2. The molecule has 0 aliphatic heterocycles. The fourth-order valence-electron chi connectivity index (χ4n) is 3.56. The van der Waals surface area contributed by atoms with Crippen LogP contribution < -0.4 is 5.32 Å². The number of rotatable bonds is 7. The van der Waals surface area contributed by atoms with Gasteiger partial charge in [-0.2, -0.15) is 5.26 Å². The van der Waals surface area contributed by atoms with Crippen molar-refractivity contribution in [3.63, 3.8) is 0 Å². The van der Waals surface area contributed by atoms with Gasteiger partial charge in [-0.3, -0.25) is 9.59 Å². The van der Waals surface area contributed by atoms with Gasteiger partial charge in [0.05, 0.1) is 33.1 Å². The van der Waals surface area contributed by atoms with Crippen LogP contribution in [0.15, 0.2) is 24.3 Å². The second kappa shape index (κ2) is 8.96. The third-order valence-corrected chi connectivity index (χ3v) is 6.00. The number of carbonyl (C=O) groups excluding carboxylic acids is 2. The smallest absolute Gasteiger partial charge is 0.313 e. The van der Waals surface area contributed by atoms with E-state index >= 15 is 0 Å². The SMILES string of the molecule is N#CCCNC(=O)COC(=O)C1(Cc2nc3ccccc3s2)CCCCC1. The van der Waals surface area contributed by atoms with Crippen molar-refractivity contribution in [2.75, 3.05) is 13.2 Å². The van der Waals surface area contributed by atoms with E-state index < -0.39 is 5.41 Å². The molecule has 1 aliphatic rings. The maximum absolute atomic E-state index is 12.9. The quantitative estimate of drug-likeness (QED) is 0.583. The summed E-state index contributed by atoms with van der Waals surface area (Å²) in [5.41, 5.74) is 0.354. The molecule has 1 aromatic heterocycles. The maximum Gasteiger partial charge on any atom is 0.313 e. The van der Waals surface area contributed by atoms with Crippen LogP contribution in [0.25, 0.3) is 10.2 Å². The van der Waals surface area contributed by atoms with E-state index in [-0.39, 0.29) is 31.4 Å². The fraction of sp³-hybridized carbons (Fsp3) is 0.500. The van der Waals surface area contributed by atoms with Crippen LogP contribution in [0, 0.1) is 16.7 Å². The van der Waals surface area contributed by atoms with Crippen LogP contribution in [-0.4, -0.2) is 30.0 Å². The average molecular weight is 385 g/mol. The molecule has 0 atom stereocenters.